The summed E-state index contributed by atoms with van der Waals surface area (Å²) in [5, 5.41) is 12.6. The van der Waals surface area contributed by atoms with Crippen molar-refractivity contribution in [3.8, 4) is 11.3 Å². The molecule has 0 aliphatic rings. The highest BCUT2D eigenvalue weighted by atomic mass is 32.2. The number of hydrogen-bond acceptors (Lipinski definition) is 5. The quantitative estimate of drug-likeness (QED) is 0.122. The van der Waals surface area contributed by atoms with Gasteiger partial charge in [-0.3, -0.25) is 4.79 Å². The van der Waals surface area contributed by atoms with Crippen LogP contribution in [0.2, 0.25) is 0 Å². The number of Topliss-reactive ketones (excluding diaryl/α,β-unsaturated/α-hetero) is 1. The van der Waals surface area contributed by atoms with E-state index in [-0.39, 0.29) is 11.5 Å². The summed E-state index contributed by atoms with van der Waals surface area (Å²) in [6.07, 6.45) is 2.56. The van der Waals surface area contributed by atoms with Crippen molar-refractivity contribution < 1.29 is 4.79 Å². The zero-order valence-electron chi connectivity index (χ0n) is 19.6. The van der Waals surface area contributed by atoms with Crippen LogP contribution in [0.1, 0.15) is 28.0 Å². The minimum Gasteiger partial charge on any atom is -0.340 e. The second-order valence-electron chi connectivity index (χ2n) is 8.12. The van der Waals surface area contributed by atoms with Gasteiger partial charge >= 0.3 is 0 Å². The second kappa shape index (κ2) is 10.5. The van der Waals surface area contributed by atoms with Crippen LogP contribution in [0.25, 0.3) is 22.2 Å². The van der Waals surface area contributed by atoms with Gasteiger partial charge in [-0.05, 0) is 30.0 Å². The molecule has 0 spiro atoms. The second-order valence-corrected chi connectivity index (χ2v) is 10.1. The third-order valence-corrected chi connectivity index (χ3v) is 7.81. The van der Waals surface area contributed by atoms with E-state index in [1.807, 2.05) is 48.5 Å². The molecule has 0 fully saturated rings. The number of carbonyl (C=O) groups is 1. The summed E-state index contributed by atoms with van der Waals surface area (Å²) in [6, 6.07) is 22.5. The maximum Gasteiger partial charge on any atom is 0.191 e. The van der Waals surface area contributed by atoms with Crippen molar-refractivity contribution in [2.45, 2.75) is 31.6 Å². The molecular weight excluding hydrogens is 472 g/mol. The van der Waals surface area contributed by atoms with E-state index in [9.17, 15) is 4.79 Å². The zero-order valence-corrected chi connectivity index (χ0v) is 21.2. The van der Waals surface area contributed by atoms with Crippen LogP contribution in [0.15, 0.2) is 89.9 Å². The smallest absolute Gasteiger partial charge is 0.191 e. The minimum absolute atomic E-state index is 0.0882. The van der Waals surface area contributed by atoms with Crippen LogP contribution in [0.5, 0.6) is 0 Å². The topological polar surface area (TPSA) is 52.7 Å². The first-order valence-corrected chi connectivity index (χ1v) is 13.5. The van der Waals surface area contributed by atoms with Gasteiger partial charge in [-0.2, -0.15) is 0 Å². The summed E-state index contributed by atoms with van der Waals surface area (Å²) in [7, 11) is 0. The number of nitrogens with zero attached hydrogens (tertiary/aromatic N) is 4. The Labute approximate surface area is 213 Å². The van der Waals surface area contributed by atoms with E-state index in [1.54, 1.807) is 11.3 Å². The van der Waals surface area contributed by atoms with Gasteiger partial charge in [-0.15, -0.1) is 28.1 Å². The van der Waals surface area contributed by atoms with Crippen molar-refractivity contribution in [2.24, 2.45) is 0 Å². The van der Waals surface area contributed by atoms with Crippen LogP contribution in [0.3, 0.4) is 0 Å². The number of fused-ring (bicyclic) bond motifs is 1. The van der Waals surface area contributed by atoms with Crippen LogP contribution in [-0.4, -0.2) is 30.9 Å². The van der Waals surface area contributed by atoms with Crippen LogP contribution >= 0.6 is 23.1 Å². The fourth-order valence-corrected chi connectivity index (χ4v) is 5.99. The average molecular weight is 499 g/mol. The molecular formula is C28H26N4OS2. The number of thioether (sulfide) groups is 1. The predicted molar refractivity (Wildman–Crippen MR) is 145 cm³/mol. The molecule has 7 heteroatoms. The Hall–Kier alpha value is -3.42. The van der Waals surface area contributed by atoms with Crippen molar-refractivity contribution in [3.63, 3.8) is 0 Å². The molecule has 3 heterocycles. The monoisotopic (exact) mass is 498 g/mol. The van der Waals surface area contributed by atoms with E-state index in [0.717, 1.165) is 51.7 Å². The SMILES string of the molecule is C=CCn1c(Cc2cccs2)nnc1SCC(=O)c1c(-c2ccccc2)n(CC)c2ccccc12. The number of aromatic nitrogens is 4. The largest absolute Gasteiger partial charge is 0.340 e. The van der Waals surface area contributed by atoms with Crippen LogP contribution in [0.4, 0.5) is 0 Å². The van der Waals surface area contributed by atoms with E-state index in [2.05, 4.69) is 62.5 Å². The molecule has 35 heavy (non-hydrogen) atoms. The highest BCUT2D eigenvalue weighted by molar-refractivity contribution is 7.99. The summed E-state index contributed by atoms with van der Waals surface area (Å²) >= 11 is 3.14. The highest BCUT2D eigenvalue weighted by Gasteiger charge is 2.24. The van der Waals surface area contributed by atoms with Gasteiger partial charge in [0.15, 0.2) is 10.9 Å². The molecule has 0 aliphatic heterocycles. The number of ketones is 1. The molecule has 0 saturated carbocycles. The van der Waals surface area contributed by atoms with Crippen LogP contribution in [0, 0.1) is 0 Å². The molecule has 0 aliphatic carbocycles. The Kier molecular flexibility index (Phi) is 6.97. The molecule has 0 unspecified atom stereocenters. The molecule has 5 rings (SSSR count). The minimum atomic E-state index is 0.0882. The molecule has 0 radical (unpaired) electrons. The van der Waals surface area contributed by atoms with Crippen molar-refractivity contribution in [1.29, 1.82) is 0 Å². The van der Waals surface area contributed by atoms with E-state index in [0.29, 0.717) is 6.54 Å². The van der Waals surface area contributed by atoms with Gasteiger partial charge in [0.25, 0.3) is 0 Å². The van der Waals surface area contributed by atoms with Gasteiger partial charge < -0.3 is 9.13 Å². The standard InChI is InChI=1S/C28H26N4OS2/c1-3-16-32-25(18-21-13-10-17-34-21)29-30-28(32)35-19-24(33)26-22-14-8-9-15-23(22)31(4-2)27(26)20-11-6-5-7-12-20/h3,5-15,17H,1,4,16,18-19H2,2H3. The Morgan fingerprint density at radius 3 is 2.57 bits per heavy atom. The molecule has 3 aromatic heterocycles. The number of thiophene rings is 1. The first-order valence-electron chi connectivity index (χ1n) is 11.6. The first kappa shape index (κ1) is 23.3. The van der Waals surface area contributed by atoms with Gasteiger partial charge in [0.1, 0.15) is 5.82 Å². The lowest BCUT2D eigenvalue weighted by Gasteiger charge is -2.11. The van der Waals surface area contributed by atoms with Gasteiger partial charge in [-0.25, -0.2) is 0 Å². The number of hydrogen-bond donors (Lipinski definition) is 0. The molecule has 0 atom stereocenters. The van der Waals surface area contributed by atoms with Crippen molar-refractivity contribution in [2.75, 3.05) is 5.75 Å². The Balaban J connectivity index is 1.48. The van der Waals surface area contributed by atoms with Crippen molar-refractivity contribution >= 4 is 39.8 Å². The van der Waals surface area contributed by atoms with Gasteiger partial charge in [0, 0.05) is 35.3 Å². The number of aryl methyl sites for hydroxylation is 1. The normalized spacial score (nSPS) is 11.2. The summed E-state index contributed by atoms with van der Waals surface area (Å²) in [5.41, 5.74) is 3.88. The van der Waals surface area contributed by atoms with Gasteiger partial charge in [-0.1, -0.05) is 72.4 Å². The maximum absolute atomic E-state index is 13.8. The Morgan fingerprint density at radius 2 is 1.83 bits per heavy atom. The summed E-state index contributed by atoms with van der Waals surface area (Å²) in [6.45, 7) is 7.40. The highest BCUT2D eigenvalue weighted by Crippen LogP contribution is 2.35. The molecule has 0 bridgehead atoms. The number of carbonyl (C=O) groups excluding carboxylic acids is 1. The summed E-state index contributed by atoms with van der Waals surface area (Å²) in [4.78, 5) is 15.0. The molecule has 176 valence electrons. The molecule has 5 aromatic rings. The lowest BCUT2D eigenvalue weighted by Crippen LogP contribution is -2.08. The Morgan fingerprint density at radius 1 is 1.03 bits per heavy atom. The fraction of sp³-hybridized carbons (Fsp3) is 0.179. The lowest BCUT2D eigenvalue weighted by molar-refractivity contribution is 0.102. The Bertz CT molecular complexity index is 1470. The van der Waals surface area contributed by atoms with Crippen molar-refractivity contribution in [1.82, 2.24) is 19.3 Å². The van der Waals surface area contributed by atoms with E-state index in [4.69, 9.17) is 0 Å². The van der Waals surface area contributed by atoms with Crippen molar-refractivity contribution in [3.05, 3.63) is 101 Å². The first-order chi connectivity index (χ1) is 17.2. The van der Waals surface area contributed by atoms with E-state index >= 15 is 0 Å². The number of allylic oxidation sites excluding steroid dienone is 1. The zero-order chi connectivity index (χ0) is 24.2. The van der Waals surface area contributed by atoms with Crippen LogP contribution < -0.4 is 0 Å². The molecule has 0 N–H and O–H groups in total. The maximum atomic E-state index is 13.8. The number of benzene rings is 2. The summed E-state index contributed by atoms with van der Waals surface area (Å²) < 4.78 is 4.29. The lowest BCUT2D eigenvalue weighted by atomic mass is 10.0. The van der Waals surface area contributed by atoms with Gasteiger partial charge in [0.2, 0.25) is 0 Å². The predicted octanol–water partition coefficient (Wildman–Crippen LogP) is 6.73. The van der Waals surface area contributed by atoms with E-state index < -0.39 is 0 Å². The molecule has 2 aromatic carbocycles. The number of para-hydroxylation sites is 1. The van der Waals surface area contributed by atoms with Crippen LogP contribution in [-0.2, 0) is 19.5 Å². The average Bonchev–Trinajstić information content (AvgIpc) is 3.62. The molecule has 5 nitrogen and oxygen atoms in total. The fourth-order valence-electron chi connectivity index (χ4n) is 4.45. The number of rotatable bonds is 10. The third kappa shape index (κ3) is 4.61. The summed E-state index contributed by atoms with van der Waals surface area (Å²) in [5.74, 6) is 1.26. The molecule has 0 amide bonds. The van der Waals surface area contributed by atoms with Gasteiger partial charge in [0.05, 0.1) is 17.0 Å². The van der Waals surface area contributed by atoms with E-state index in [1.165, 1.54) is 16.6 Å². The molecule has 0 saturated heterocycles. The third-order valence-electron chi connectivity index (χ3n) is 5.96.